The molecule has 0 radical (unpaired) electrons. The van der Waals surface area contributed by atoms with E-state index in [4.69, 9.17) is 37.7 Å². The Balaban J connectivity index is 1.61. The molecule has 0 spiro atoms. The van der Waals surface area contributed by atoms with Crippen LogP contribution in [0.4, 0.5) is 5.13 Å². The number of para-hydroxylation sites is 1. The second-order valence-electron chi connectivity index (χ2n) is 7.03. The molecular formula is C21H23Cl2N3O3S2. The average Bonchev–Trinajstić information content (AvgIpc) is 3.35. The molecule has 3 heterocycles. The van der Waals surface area contributed by atoms with Crippen LogP contribution in [0.2, 0.25) is 8.67 Å². The Bertz CT molecular complexity index is 1050. The van der Waals surface area contributed by atoms with Gasteiger partial charge in [0, 0.05) is 26.2 Å². The van der Waals surface area contributed by atoms with Gasteiger partial charge in [0.15, 0.2) is 5.13 Å². The number of hydrogen-bond donors (Lipinski definition) is 0. The van der Waals surface area contributed by atoms with Gasteiger partial charge < -0.3 is 9.47 Å². The zero-order valence-corrected chi connectivity index (χ0v) is 20.2. The van der Waals surface area contributed by atoms with Gasteiger partial charge in [-0.1, -0.05) is 40.6 Å². The summed E-state index contributed by atoms with van der Waals surface area (Å²) in [6, 6.07) is 7.46. The molecule has 3 aromatic rings. The van der Waals surface area contributed by atoms with E-state index in [-0.39, 0.29) is 5.91 Å². The first-order valence-corrected chi connectivity index (χ1v) is 12.5. The highest BCUT2D eigenvalue weighted by molar-refractivity contribution is 7.22. The van der Waals surface area contributed by atoms with Gasteiger partial charge in [-0.2, -0.15) is 0 Å². The van der Waals surface area contributed by atoms with Crippen molar-refractivity contribution < 1.29 is 14.3 Å². The first-order chi connectivity index (χ1) is 15.1. The van der Waals surface area contributed by atoms with Crippen molar-refractivity contribution in [2.75, 3.05) is 50.9 Å². The summed E-state index contributed by atoms with van der Waals surface area (Å²) in [6.45, 7) is 7.25. The standard InChI is InChI=1S/C21H23Cl2N3O3S2/c1-2-29-15-5-3-6-16-18(15)24-21(30-16)26(8-4-7-25-9-11-28-12-10-25)20(27)14-13-17(22)31-19(14)23/h3,5-6,13H,2,4,7-12H2,1H3. The molecule has 0 N–H and O–H groups in total. The molecule has 1 fully saturated rings. The van der Waals surface area contributed by atoms with Crippen molar-refractivity contribution in [3.05, 3.63) is 38.5 Å². The summed E-state index contributed by atoms with van der Waals surface area (Å²) in [5, 5.41) is 0.632. The van der Waals surface area contributed by atoms with Crippen LogP contribution in [0.5, 0.6) is 5.75 Å². The number of thiophene rings is 1. The first kappa shape index (κ1) is 22.8. The van der Waals surface area contributed by atoms with Crippen LogP contribution >= 0.6 is 45.9 Å². The van der Waals surface area contributed by atoms with Crippen LogP contribution in [0.3, 0.4) is 0 Å². The largest absolute Gasteiger partial charge is 0.492 e. The maximum absolute atomic E-state index is 13.4. The number of aromatic nitrogens is 1. The van der Waals surface area contributed by atoms with Gasteiger partial charge >= 0.3 is 0 Å². The molecule has 0 atom stereocenters. The SMILES string of the molecule is CCOc1cccc2sc(N(CCCN3CCOCC3)C(=O)c3cc(Cl)sc3Cl)nc12. The lowest BCUT2D eigenvalue weighted by molar-refractivity contribution is 0.0376. The number of anilines is 1. The van der Waals surface area contributed by atoms with E-state index in [2.05, 4.69) is 4.90 Å². The van der Waals surface area contributed by atoms with Gasteiger partial charge in [-0.25, -0.2) is 4.98 Å². The van der Waals surface area contributed by atoms with Crippen LogP contribution in [0.1, 0.15) is 23.7 Å². The summed E-state index contributed by atoms with van der Waals surface area (Å²) >= 11 is 15.1. The zero-order chi connectivity index (χ0) is 21.8. The van der Waals surface area contributed by atoms with Crippen LogP contribution in [-0.2, 0) is 4.74 Å². The van der Waals surface area contributed by atoms with Crippen molar-refractivity contribution >= 4 is 67.1 Å². The monoisotopic (exact) mass is 499 g/mol. The summed E-state index contributed by atoms with van der Waals surface area (Å²) in [4.78, 5) is 22.3. The summed E-state index contributed by atoms with van der Waals surface area (Å²) in [7, 11) is 0. The number of amides is 1. The van der Waals surface area contributed by atoms with Crippen molar-refractivity contribution in [1.82, 2.24) is 9.88 Å². The van der Waals surface area contributed by atoms with Gasteiger partial charge in [0.2, 0.25) is 0 Å². The minimum atomic E-state index is -0.188. The maximum atomic E-state index is 13.4. The molecule has 0 saturated carbocycles. The number of hydrogen-bond acceptors (Lipinski definition) is 7. The van der Waals surface area contributed by atoms with Crippen molar-refractivity contribution in [3.63, 3.8) is 0 Å². The molecule has 4 rings (SSSR count). The molecule has 1 aliphatic rings. The molecular weight excluding hydrogens is 477 g/mol. The van der Waals surface area contributed by atoms with E-state index < -0.39 is 0 Å². The van der Waals surface area contributed by atoms with Crippen LogP contribution in [0.15, 0.2) is 24.3 Å². The number of rotatable bonds is 8. The van der Waals surface area contributed by atoms with E-state index in [0.717, 1.165) is 55.2 Å². The molecule has 0 bridgehead atoms. The highest BCUT2D eigenvalue weighted by atomic mass is 35.5. The van der Waals surface area contributed by atoms with Crippen molar-refractivity contribution in [1.29, 1.82) is 0 Å². The number of morpholine rings is 1. The first-order valence-electron chi connectivity index (χ1n) is 10.2. The summed E-state index contributed by atoms with van der Waals surface area (Å²) in [6.07, 6.45) is 0.815. The number of nitrogens with zero attached hydrogens (tertiary/aromatic N) is 3. The Morgan fingerprint density at radius 2 is 2.10 bits per heavy atom. The predicted molar refractivity (Wildman–Crippen MR) is 129 cm³/mol. The number of benzene rings is 1. The van der Waals surface area contributed by atoms with Crippen LogP contribution < -0.4 is 9.64 Å². The third-order valence-corrected chi connectivity index (χ3v) is 7.52. The Morgan fingerprint density at radius 1 is 1.29 bits per heavy atom. The molecule has 1 saturated heterocycles. The third-order valence-electron chi connectivity index (χ3n) is 4.99. The van der Waals surface area contributed by atoms with Crippen molar-refractivity contribution in [2.45, 2.75) is 13.3 Å². The fraction of sp³-hybridized carbons (Fsp3) is 0.429. The Kier molecular flexibility index (Phi) is 7.68. The molecule has 1 amide bonds. The van der Waals surface area contributed by atoms with Crippen molar-refractivity contribution in [3.8, 4) is 5.75 Å². The number of carbonyl (C=O) groups excluding carboxylic acids is 1. The second kappa shape index (κ2) is 10.5. The number of fused-ring (bicyclic) bond motifs is 1. The quantitative estimate of drug-likeness (QED) is 0.413. The van der Waals surface area contributed by atoms with E-state index in [9.17, 15) is 4.79 Å². The minimum absolute atomic E-state index is 0.188. The average molecular weight is 500 g/mol. The van der Waals surface area contributed by atoms with Gasteiger partial charge in [-0.3, -0.25) is 14.6 Å². The molecule has 1 aromatic carbocycles. The highest BCUT2D eigenvalue weighted by Gasteiger charge is 2.25. The molecule has 31 heavy (non-hydrogen) atoms. The summed E-state index contributed by atoms with van der Waals surface area (Å²) in [5.74, 6) is 0.534. The molecule has 10 heteroatoms. The smallest absolute Gasteiger partial charge is 0.262 e. The van der Waals surface area contributed by atoms with Gasteiger partial charge in [0.1, 0.15) is 15.6 Å². The summed E-state index contributed by atoms with van der Waals surface area (Å²) < 4.78 is 13.0. The lowest BCUT2D eigenvalue weighted by Crippen LogP contribution is -2.39. The number of halogens is 2. The van der Waals surface area contributed by atoms with Gasteiger partial charge in [-0.05, 0) is 31.5 Å². The van der Waals surface area contributed by atoms with Crippen molar-refractivity contribution in [2.24, 2.45) is 0 Å². The predicted octanol–water partition coefficient (Wildman–Crippen LogP) is 5.43. The fourth-order valence-corrected chi connectivity index (χ4v) is 5.95. The second-order valence-corrected chi connectivity index (χ2v) is 10.3. The minimum Gasteiger partial charge on any atom is -0.492 e. The highest BCUT2D eigenvalue weighted by Crippen LogP contribution is 2.37. The fourth-order valence-electron chi connectivity index (χ4n) is 3.49. The third kappa shape index (κ3) is 5.32. The van der Waals surface area contributed by atoms with Gasteiger partial charge in [-0.15, -0.1) is 11.3 Å². The zero-order valence-electron chi connectivity index (χ0n) is 17.1. The van der Waals surface area contributed by atoms with Crippen LogP contribution in [0, 0.1) is 0 Å². The van der Waals surface area contributed by atoms with Gasteiger partial charge in [0.25, 0.3) is 5.91 Å². The Hall–Kier alpha value is -1.42. The summed E-state index contributed by atoms with van der Waals surface area (Å²) in [5.41, 5.74) is 1.18. The van der Waals surface area contributed by atoms with Gasteiger partial charge in [0.05, 0.1) is 34.4 Å². The molecule has 1 aliphatic heterocycles. The molecule has 0 unspecified atom stereocenters. The van der Waals surface area contributed by atoms with E-state index in [1.807, 2.05) is 25.1 Å². The molecule has 6 nitrogen and oxygen atoms in total. The Labute approximate surface area is 199 Å². The lowest BCUT2D eigenvalue weighted by atomic mass is 10.2. The normalized spacial score (nSPS) is 14.8. The maximum Gasteiger partial charge on any atom is 0.262 e. The van der Waals surface area contributed by atoms with E-state index in [1.165, 1.54) is 22.7 Å². The van der Waals surface area contributed by atoms with Crippen LogP contribution in [0.25, 0.3) is 10.2 Å². The number of thiazole rings is 1. The topological polar surface area (TPSA) is 54.9 Å². The van der Waals surface area contributed by atoms with E-state index in [0.29, 0.717) is 32.5 Å². The molecule has 2 aromatic heterocycles. The van der Waals surface area contributed by atoms with E-state index in [1.54, 1.807) is 11.0 Å². The van der Waals surface area contributed by atoms with E-state index >= 15 is 0 Å². The molecule has 0 aliphatic carbocycles. The van der Waals surface area contributed by atoms with Crippen LogP contribution in [-0.4, -0.2) is 61.8 Å². The number of carbonyl (C=O) groups is 1. The lowest BCUT2D eigenvalue weighted by Gasteiger charge is -2.27. The Morgan fingerprint density at radius 3 is 2.81 bits per heavy atom. The number of ether oxygens (including phenoxy) is 2. The molecule has 166 valence electrons.